The minimum Gasteiger partial charge on any atom is -0.480 e. The second kappa shape index (κ2) is 14.2. The Balaban J connectivity index is 2.04. The lowest BCUT2D eigenvalue weighted by molar-refractivity contribution is -0.152. The molecule has 1 saturated heterocycles. The maximum absolute atomic E-state index is 13.3. The zero-order valence-electron chi connectivity index (χ0n) is 21.7. The average Bonchev–Trinajstić information content (AvgIpc) is 2.86. The van der Waals surface area contributed by atoms with Crippen molar-refractivity contribution in [1.29, 1.82) is 0 Å². The number of aliphatic hydroxyl groups is 1. The molecule has 1 aromatic rings. The van der Waals surface area contributed by atoms with Crippen LogP contribution < -0.4 is 15.8 Å². The molecular weight excluding hydrogens is 466 g/mol. The van der Waals surface area contributed by atoms with Crippen LogP contribution in [0.3, 0.4) is 0 Å². The lowest BCUT2D eigenvalue weighted by Crippen LogP contribution is -2.58. The van der Waals surface area contributed by atoms with Crippen molar-refractivity contribution in [2.75, 3.05) is 13.2 Å². The molecule has 0 aliphatic carbocycles. The number of amides is 2. The van der Waals surface area contributed by atoms with Gasteiger partial charge >= 0.3 is 5.97 Å². The van der Waals surface area contributed by atoms with Crippen LogP contribution in [0.25, 0.3) is 0 Å². The number of hydrogen-bond acceptors (Lipinski definition) is 7. The van der Waals surface area contributed by atoms with Crippen molar-refractivity contribution in [3.63, 3.8) is 0 Å². The molecule has 2 unspecified atom stereocenters. The summed E-state index contributed by atoms with van der Waals surface area (Å²) in [6.07, 6.45) is 2.60. The van der Waals surface area contributed by atoms with Gasteiger partial charge in [0, 0.05) is 13.0 Å². The van der Waals surface area contributed by atoms with Crippen molar-refractivity contribution in [3.05, 3.63) is 29.8 Å². The highest BCUT2D eigenvalue weighted by molar-refractivity contribution is 5.92. The third-order valence-electron chi connectivity index (χ3n) is 6.47. The van der Waals surface area contributed by atoms with Crippen molar-refractivity contribution in [2.24, 2.45) is 11.7 Å². The number of hydrogen-bond donors (Lipinski definition) is 4. The highest BCUT2D eigenvalue weighted by Gasteiger charge is 2.35. The van der Waals surface area contributed by atoms with Crippen LogP contribution >= 0.6 is 0 Å². The van der Waals surface area contributed by atoms with Gasteiger partial charge in [-0.15, -0.1) is 0 Å². The maximum atomic E-state index is 13.3. The van der Waals surface area contributed by atoms with Gasteiger partial charge in [-0.25, -0.2) is 4.79 Å². The molecule has 0 bridgehead atoms. The first kappa shape index (κ1) is 29.5. The summed E-state index contributed by atoms with van der Waals surface area (Å²) in [4.78, 5) is 38.9. The number of benzene rings is 1. The fraction of sp³-hybridized carbons (Fsp3) is 0.654. The van der Waals surface area contributed by atoms with Crippen LogP contribution in [-0.2, 0) is 25.5 Å². The lowest BCUT2D eigenvalue weighted by Gasteiger charge is -2.34. The van der Waals surface area contributed by atoms with Gasteiger partial charge in [-0.2, -0.15) is 0 Å². The van der Waals surface area contributed by atoms with E-state index in [1.54, 1.807) is 6.92 Å². The van der Waals surface area contributed by atoms with Crippen molar-refractivity contribution < 1.29 is 34.1 Å². The first-order chi connectivity index (χ1) is 17.0. The molecule has 0 radical (unpaired) electrons. The van der Waals surface area contributed by atoms with Gasteiger partial charge in [0.1, 0.15) is 17.8 Å². The fourth-order valence-corrected chi connectivity index (χ4v) is 3.99. The summed E-state index contributed by atoms with van der Waals surface area (Å²) in [7, 11) is 0. The van der Waals surface area contributed by atoms with Gasteiger partial charge in [-0.3, -0.25) is 9.59 Å². The largest absolute Gasteiger partial charge is 0.480 e. The normalized spacial score (nSPS) is 19.9. The Morgan fingerprint density at radius 1 is 1.19 bits per heavy atom. The Bertz CT molecular complexity index is 856. The fourth-order valence-electron chi connectivity index (χ4n) is 3.99. The van der Waals surface area contributed by atoms with E-state index in [2.05, 4.69) is 5.32 Å². The minimum atomic E-state index is -1.20. The summed E-state index contributed by atoms with van der Waals surface area (Å²) in [5.41, 5.74) is 7.00. The number of ether oxygens (including phenoxy) is 2. The highest BCUT2D eigenvalue weighted by Crippen LogP contribution is 2.20. The van der Waals surface area contributed by atoms with Gasteiger partial charge in [0.05, 0.1) is 18.8 Å². The molecule has 1 aromatic carbocycles. The molecule has 1 aliphatic heterocycles. The van der Waals surface area contributed by atoms with E-state index in [9.17, 15) is 24.6 Å². The topological polar surface area (TPSA) is 151 Å². The van der Waals surface area contributed by atoms with E-state index >= 15 is 0 Å². The number of carboxylic acid groups (broad SMARTS) is 1. The predicted molar refractivity (Wildman–Crippen MR) is 134 cm³/mol. The van der Waals surface area contributed by atoms with E-state index in [-0.39, 0.29) is 25.2 Å². The van der Waals surface area contributed by atoms with Crippen LogP contribution in [0.2, 0.25) is 0 Å². The SMILES string of the molecule is CC[C@H](C)[C@H](NC(=O)[C@@H](N)Cc1ccc(OC2CCCCO2)cc1)C(=O)N(CC(C)O)[C@@H](C)C(=O)O. The Labute approximate surface area is 213 Å². The van der Waals surface area contributed by atoms with Crippen LogP contribution in [0.5, 0.6) is 5.75 Å². The first-order valence-corrected chi connectivity index (χ1v) is 12.7. The average molecular weight is 508 g/mol. The third-order valence-corrected chi connectivity index (χ3v) is 6.47. The molecule has 10 heteroatoms. The Morgan fingerprint density at radius 2 is 1.86 bits per heavy atom. The van der Waals surface area contributed by atoms with E-state index in [0.29, 0.717) is 18.8 Å². The van der Waals surface area contributed by atoms with E-state index in [4.69, 9.17) is 15.2 Å². The third kappa shape index (κ3) is 8.76. The first-order valence-electron chi connectivity index (χ1n) is 12.7. The van der Waals surface area contributed by atoms with Crippen molar-refractivity contribution >= 4 is 17.8 Å². The standard InChI is InChI=1S/C26H41N3O7/c1-5-16(2)23(25(32)29(15-17(3)30)18(4)26(33)34)28-24(31)21(27)14-19-9-11-20(12-10-19)36-22-8-6-7-13-35-22/h9-12,16-18,21-23,30H,5-8,13-15,27H2,1-4H3,(H,28,31)(H,33,34)/t16-,17?,18-,21-,22?,23-/m0/s1. The monoisotopic (exact) mass is 507 g/mol. The summed E-state index contributed by atoms with van der Waals surface area (Å²) >= 11 is 0. The molecule has 202 valence electrons. The number of nitrogens with two attached hydrogens (primary N) is 1. The molecule has 0 saturated carbocycles. The second-order valence-corrected chi connectivity index (χ2v) is 9.59. The van der Waals surface area contributed by atoms with Gasteiger partial charge in [0.2, 0.25) is 11.8 Å². The second-order valence-electron chi connectivity index (χ2n) is 9.59. The van der Waals surface area contributed by atoms with Crippen LogP contribution in [0.1, 0.15) is 58.9 Å². The molecule has 6 atom stereocenters. The number of aliphatic hydroxyl groups excluding tert-OH is 1. The molecule has 2 amide bonds. The van der Waals surface area contributed by atoms with E-state index in [1.165, 1.54) is 13.8 Å². The van der Waals surface area contributed by atoms with Gasteiger partial charge in [-0.05, 0) is 56.7 Å². The van der Waals surface area contributed by atoms with Crippen molar-refractivity contribution in [2.45, 2.75) is 90.3 Å². The summed E-state index contributed by atoms with van der Waals surface area (Å²) in [6.45, 7) is 7.05. The minimum absolute atomic E-state index is 0.165. The van der Waals surface area contributed by atoms with Gasteiger partial charge in [-0.1, -0.05) is 32.4 Å². The van der Waals surface area contributed by atoms with Gasteiger partial charge in [0.15, 0.2) is 6.29 Å². The number of carbonyl (C=O) groups excluding carboxylic acids is 2. The van der Waals surface area contributed by atoms with Crippen LogP contribution in [0.15, 0.2) is 24.3 Å². The number of aliphatic carboxylic acids is 1. The molecule has 36 heavy (non-hydrogen) atoms. The Kier molecular flexibility index (Phi) is 11.6. The molecule has 2 rings (SSSR count). The molecule has 1 fully saturated rings. The molecule has 0 aromatic heterocycles. The Hall–Kier alpha value is -2.69. The van der Waals surface area contributed by atoms with Gasteiger partial charge < -0.3 is 35.6 Å². The number of nitrogens with one attached hydrogen (secondary N) is 1. The van der Waals surface area contributed by atoms with Crippen molar-refractivity contribution in [1.82, 2.24) is 10.2 Å². The summed E-state index contributed by atoms with van der Waals surface area (Å²) in [6, 6.07) is 4.24. The molecule has 0 spiro atoms. The zero-order chi connectivity index (χ0) is 26.8. The Morgan fingerprint density at radius 3 is 2.39 bits per heavy atom. The van der Waals surface area contributed by atoms with Crippen LogP contribution in [0, 0.1) is 5.92 Å². The molecule has 1 heterocycles. The summed E-state index contributed by atoms with van der Waals surface area (Å²) in [5.74, 6) is -1.87. The maximum Gasteiger partial charge on any atom is 0.326 e. The number of carbonyl (C=O) groups is 3. The van der Waals surface area contributed by atoms with E-state index in [0.717, 1.165) is 29.7 Å². The number of carboxylic acids is 1. The number of rotatable bonds is 13. The molecular formula is C26H41N3O7. The number of nitrogens with zero attached hydrogens (tertiary/aromatic N) is 1. The summed E-state index contributed by atoms with van der Waals surface area (Å²) < 4.78 is 11.4. The quantitative estimate of drug-likeness (QED) is 0.315. The van der Waals surface area contributed by atoms with E-state index < -0.39 is 42.0 Å². The van der Waals surface area contributed by atoms with E-state index in [1.807, 2.05) is 31.2 Å². The predicted octanol–water partition coefficient (Wildman–Crippen LogP) is 1.68. The molecule has 5 N–H and O–H groups in total. The summed E-state index contributed by atoms with van der Waals surface area (Å²) in [5, 5.41) is 22.0. The van der Waals surface area contributed by atoms with Crippen LogP contribution in [-0.4, -0.2) is 76.6 Å². The molecule has 1 aliphatic rings. The lowest BCUT2D eigenvalue weighted by atomic mass is 9.96. The van der Waals surface area contributed by atoms with Crippen molar-refractivity contribution in [3.8, 4) is 5.75 Å². The zero-order valence-corrected chi connectivity index (χ0v) is 21.7. The van der Waals surface area contributed by atoms with Crippen LogP contribution in [0.4, 0.5) is 0 Å². The smallest absolute Gasteiger partial charge is 0.326 e. The van der Waals surface area contributed by atoms with Gasteiger partial charge in [0.25, 0.3) is 0 Å². The highest BCUT2D eigenvalue weighted by atomic mass is 16.7. The molecule has 10 nitrogen and oxygen atoms in total.